The Morgan fingerprint density at radius 1 is 1.61 bits per heavy atom. The number of carbonyl (C=O) groups is 1. The zero-order valence-corrected chi connectivity index (χ0v) is 10.5. The summed E-state index contributed by atoms with van der Waals surface area (Å²) in [6, 6.07) is 3.27. The summed E-state index contributed by atoms with van der Waals surface area (Å²) in [5, 5.41) is 9.72. The maximum Gasteiger partial charge on any atom is 0.276 e. The van der Waals surface area contributed by atoms with E-state index in [1.165, 1.54) is 12.3 Å². The van der Waals surface area contributed by atoms with Crippen molar-refractivity contribution in [2.45, 2.75) is 38.3 Å². The van der Waals surface area contributed by atoms with Crippen LogP contribution >= 0.6 is 0 Å². The summed E-state index contributed by atoms with van der Waals surface area (Å²) in [5.41, 5.74) is 5.85. The molecular weight excluding hydrogens is 230 g/mol. The van der Waals surface area contributed by atoms with E-state index in [0.29, 0.717) is 6.54 Å². The first-order valence-corrected chi connectivity index (χ1v) is 6.32. The Morgan fingerprint density at radius 3 is 3.06 bits per heavy atom. The Bertz CT molecular complexity index is 436. The molecule has 1 aliphatic heterocycles. The highest BCUT2D eigenvalue weighted by atomic mass is 16.3. The molecule has 5 heteroatoms. The van der Waals surface area contributed by atoms with Gasteiger partial charge in [-0.15, -0.1) is 0 Å². The predicted molar refractivity (Wildman–Crippen MR) is 68.2 cm³/mol. The third kappa shape index (κ3) is 2.31. The number of pyridine rings is 1. The number of hydrogen-bond acceptors (Lipinski definition) is 4. The van der Waals surface area contributed by atoms with Gasteiger partial charge in [0.05, 0.1) is 0 Å². The fraction of sp³-hybridized carbons (Fsp3) is 0.538. The topological polar surface area (TPSA) is 79.5 Å². The number of aromatic nitrogens is 1. The van der Waals surface area contributed by atoms with Gasteiger partial charge in [-0.1, -0.05) is 0 Å². The molecular formula is C13H19N3O2. The third-order valence-corrected chi connectivity index (χ3v) is 3.52. The van der Waals surface area contributed by atoms with Crippen molar-refractivity contribution >= 4 is 5.91 Å². The molecule has 1 amide bonds. The van der Waals surface area contributed by atoms with Crippen molar-refractivity contribution in [2.75, 3.05) is 6.54 Å². The molecule has 0 saturated carbocycles. The van der Waals surface area contributed by atoms with Gasteiger partial charge in [-0.25, -0.2) is 4.98 Å². The lowest BCUT2D eigenvalue weighted by molar-refractivity contribution is 0.0485. The maximum atomic E-state index is 12.4. The zero-order valence-electron chi connectivity index (χ0n) is 10.5. The molecule has 0 spiro atoms. The summed E-state index contributed by atoms with van der Waals surface area (Å²) in [4.78, 5) is 18.2. The van der Waals surface area contributed by atoms with Crippen LogP contribution in [0.15, 0.2) is 18.3 Å². The van der Waals surface area contributed by atoms with Crippen LogP contribution < -0.4 is 5.73 Å². The van der Waals surface area contributed by atoms with Gasteiger partial charge in [0.2, 0.25) is 0 Å². The molecule has 2 unspecified atom stereocenters. The average Bonchev–Trinajstić information content (AvgIpc) is 2.38. The van der Waals surface area contributed by atoms with Gasteiger partial charge in [0.15, 0.2) is 5.69 Å². The first-order chi connectivity index (χ1) is 8.65. The fourth-order valence-corrected chi connectivity index (χ4v) is 2.57. The summed E-state index contributed by atoms with van der Waals surface area (Å²) in [6.45, 7) is 2.46. The van der Waals surface area contributed by atoms with E-state index in [1.54, 1.807) is 11.0 Å². The first-order valence-electron chi connectivity index (χ1n) is 6.32. The molecule has 2 heterocycles. The third-order valence-electron chi connectivity index (χ3n) is 3.52. The van der Waals surface area contributed by atoms with Crippen LogP contribution in [0.25, 0.3) is 0 Å². The van der Waals surface area contributed by atoms with Crippen LogP contribution in [0.4, 0.5) is 0 Å². The van der Waals surface area contributed by atoms with Crippen molar-refractivity contribution in [3.05, 3.63) is 24.0 Å². The number of likely N-dealkylation sites (tertiary alicyclic amines) is 1. The van der Waals surface area contributed by atoms with Gasteiger partial charge < -0.3 is 15.7 Å². The summed E-state index contributed by atoms with van der Waals surface area (Å²) >= 11 is 0. The minimum atomic E-state index is -0.226. The largest absolute Gasteiger partial charge is 0.505 e. The summed E-state index contributed by atoms with van der Waals surface area (Å²) < 4.78 is 0. The van der Waals surface area contributed by atoms with E-state index in [9.17, 15) is 9.90 Å². The normalized spacial score (nSPS) is 24.0. The van der Waals surface area contributed by atoms with Gasteiger partial charge in [0, 0.05) is 24.8 Å². The summed E-state index contributed by atoms with van der Waals surface area (Å²) in [6.07, 6.45) is 4.48. The lowest BCUT2D eigenvalue weighted by atomic mass is 9.96. The van der Waals surface area contributed by atoms with Gasteiger partial charge in [0.1, 0.15) is 5.75 Å². The smallest absolute Gasteiger partial charge is 0.276 e. The van der Waals surface area contributed by atoms with Gasteiger partial charge in [-0.05, 0) is 38.3 Å². The number of nitrogens with zero attached hydrogens (tertiary/aromatic N) is 2. The Balaban J connectivity index is 2.28. The van der Waals surface area contributed by atoms with Crippen LogP contribution in [0.5, 0.6) is 5.75 Å². The molecule has 3 N–H and O–H groups in total. The molecule has 0 aromatic carbocycles. The van der Waals surface area contributed by atoms with E-state index < -0.39 is 0 Å². The molecule has 1 fully saturated rings. The highest BCUT2D eigenvalue weighted by Crippen LogP contribution is 2.26. The first kappa shape index (κ1) is 12.8. The lowest BCUT2D eigenvalue weighted by Crippen LogP contribution is -2.52. The number of rotatable bonds is 2. The van der Waals surface area contributed by atoms with Crippen LogP contribution in [-0.2, 0) is 0 Å². The van der Waals surface area contributed by atoms with E-state index >= 15 is 0 Å². The molecule has 1 saturated heterocycles. The molecule has 1 aliphatic rings. The molecule has 18 heavy (non-hydrogen) atoms. The van der Waals surface area contributed by atoms with Crippen LogP contribution in [0.2, 0.25) is 0 Å². The number of piperidine rings is 1. The van der Waals surface area contributed by atoms with Crippen molar-refractivity contribution in [1.29, 1.82) is 0 Å². The Hall–Kier alpha value is -1.62. The molecule has 1 aromatic rings. The van der Waals surface area contributed by atoms with Crippen LogP contribution in [0.3, 0.4) is 0 Å². The second-order valence-corrected chi connectivity index (χ2v) is 4.75. The highest BCUT2D eigenvalue weighted by Gasteiger charge is 2.33. The monoisotopic (exact) mass is 249 g/mol. The van der Waals surface area contributed by atoms with Gasteiger partial charge in [-0.3, -0.25) is 4.79 Å². The Labute approximate surface area is 107 Å². The average molecular weight is 249 g/mol. The molecule has 5 nitrogen and oxygen atoms in total. The van der Waals surface area contributed by atoms with E-state index in [0.717, 1.165) is 19.3 Å². The Morgan fingerprint density at radius 2 is 2.39 bits per heavy atom. The molecule has 0 radical (unpaired) electrons. The fourth-order valence-electron chi connectivity index (χ4n) is 2.57. The molecule has 0 bridgehead atoms. The summed E-state index contributed by atoms with van der Waals surface area (Å²) in [7, 11) is 0. The van der Waals surface area contributed by atoms with Crippen molar-refractivity contribution in [2.24, 2.45) is 5.73 Å². The maximum absolute atomic E-state index is 12.4. The standard InChI is InChI=1S/C13H19N3O2/c1-9-4-2-5-10(8-14)16(9)13(18)12-11(17)6-3-7-15-12/h3,6-7,9-10,17H,2,4-5,8,14H2,1H3. The predicted octanol–water partition coefficient (Wildman–Crippen LogP) is 1.13. The van der Waals surface area contributed by atoms with Gasteiger partial charge in [0.25, 0.3) is 5.91 Å². The van der Waals surface area contributed by atoms with Crippen LogP contribution in [-0.4, -0.2) is 39.5 Å². The second-order valence-electron chi connectivity index (χ2n) is 4.75. The van der Waals surface area contributed by atoms with Crippen molar-refractivity contribution in [1.82, 2.24) is 9.88 Å². The number of aromatic hydroxyl groups is 1. The van der Waals surface area contributed by atoms with Crippen molar-refractivity contribution in [3.63, 3.8) is 0 Å². The minimum Gasteiger partial charge on any atom is -0.505 e. The lowest BCUT2D eigenvalue weighted by Gasteiger charge is -2.40. The quantitative estimate of drug-likeness (QED) is 0.823. The molecule has 0 aliphatic carbocycles. The van der Waals surface area contributed by atoms with Crippen molar-refractivity contribution < 1.29 is 9.90 Å². The summed E-state index contributed by atoms with van der Waals surface area (Å²) in [5.74, 6) is -0.299. The van der Waals surface area contributed by atoms with E-state index in [4.69, 9.17) is 5.73 Å². The molecule has 2 rings (SSSR count). The molecule has 98 valence electrons. The van der Waals surface area contributed by atoms with Crippen LogP contribution in [0.1, 0.15) is 36.7 Å². The highest BCUT2D eigenvalue weighted by molar-refractivity contribution is 5.95. The number of hydrogen-bond donors (Lipinski definition) is 2. The Kier molecular flexibility index (Phi) is 3.81. The zero-order chi connectivity index (χ0) is 13.1. The second kappa shape index (κ2) is 5.35. The minimum absolute atomic E-state index is 0.0441. The SMILES string of the molecule is CC1CCCC(CN)N1C(=O)c1ncccc1O. The van der Waals surface area contributed by atoms with Gasteiger partial charge in [-0.2, -0.15) is 0 Å². The number of amides is 1. The van der Waals surface area contributed by atoms with Crippen molar-refractivity contribution in [3.8, 4) is 5.75 Å². The number of carbonyl (C=O) groups excluding carboxylic acids is 1. The van der Waals surface area contributed by atoms with E-state index in [1.807, 2.05) is 6.92 Å². The van der Waals surface area contributed by atoms with Gasteiger partial charge >= 0.3 is 0 Å². The molecule has 1 aromatic heterocycles. The van der Waals surface area contributed by atoms with E-state index in [2.05, 4.69) is 4.98 Å². The number of nitrogens with two attached hydrogens (primary N) is 1. The van der Waals surface area contributed by atoms with Crippen LogP contribution in [0, 0.1) is 0 Å². The van der Waals surface area contributed by atoms with E-state index in [-0.39, 0.29) is 29.4 Å². The molecule has 2 atom stereocenters.